The number of carbonyl (C=O) groups excluding carboxylic acids is 1. The molecule has 2 atom stereocenters. The molecule has 0 radical (unpaired) electrons. The predicted molar refractivity (Wildman–Crippen MR) is 43.4 cm³/mol. The monoisotopic (exact) mass is 189 g/mol. The first-order valence-electron chi connectivity index (χ1n) is 4.61. The molecule has 4 heteroatoms. The van der Waals surface area contributed by atoms with Crippen molar-refractivity contribution in [3.8, 4) is 0 Å². The van der Waals surface area contributed by atoms with Crippen LogP contribution in [0.1, 0.15) is 19.8 Å². The quantitative estimate of drug-likeness (QED) is 0.565. The molecule has 0 aromatic rings. The summed E-state index contributed by atoms with van der Waals surface area (Å²) in [6, 6.07) is 0. The number of carbonyl (C=O) groups is 1. The van der Waals surface area contributed by atoms with Crippen LogP contribution in [0, 0.1) is 11.8 Å². The van der Waals surface area contributed by atoms with Crippen molar-refractivity contribution in [1.29, 1.82) is 0 Å². The lowest BCUT2D eigenvalue weighted by Crippen LogP contribution is -2.28. The van der Waals surface area contributed by atoms with E-state index >= 15 is 0 Å². The molecule has 1 saturated heterocycles. The van der Waals surface area contributed by atoms with Crippen molar-refractivity contribution >= 4 is 5.91 Å². The number of rotatable bonds is 0. The zero-order chi connectivity index (χ0) is 9.64. The van der Waals surface area contributed by atoms with E-state index in [0.29, 0.717) is 13.1 Å². The molecule has 13 heavy (non-hydrogen) atoms. The van der Waals surface area contributed by atoms with E-state index in [1.807, 2.05) is 0 Å². The topological polar surface area (TPSA) is 20.3 Å². The predicted octanol–water partition coefficient (Wildman–Crippen LogP) is 1.51. The van der Waals surface area contributed by atoms with Crippen molar-refractivity contribution in [2.24, 2.45) is 11.8 Å². The first-order chi connectivity index (χ1) is 5.98. The number of hydrogen-bond acceptors (Lipinski definition) is 1. The van der Waals surface area contributed by atoms with Crippen LogP contribution >= 0.6 is 0 Å². The lowest BCUT2D eigenvalue weighted by Gasteiger charge is -2.16. The molecule has 0 N–H and O–H groups in total. The van der Waals surface area contributed by atoms with Gasteiger partial charge in [-0.2, -0.15) is 0 Å². The minimum absolute atomic E-state index is 0.0118. The van der Waals surface area contributed by atoms with E-state index in [-0.39, 0.29) is 30.6 Å². The highest BCUT2D eigenvalue weighted by Gasteiger charge is 2.50. The molecule has 2 unspecified atom stereocenters. The molecule has 2 fully saturated rings. The number of fused-ring (bicyclic) bond motifs is 1. The summed E-state index contributed by atoms with van der Waals surface area (Å²) in [6.45, 7) is 2.57. The van der Waals surface area contributed by atoms with Gasteiger partial charge in [0, 0.05) is 32.9 Å². The van der Waals surface area contributed by atoms with Gasteiger partial charge in [0.15, 0.2) is 0 Å². The van der Waals surface area contributed by atoms with Gasteiger partial charge in [-0.1, -0.05) is 0 Å². The van der Waals surface area contributed by atoms with Crippen LogP contribution in [-0.4, -0.2) is 29.8 Å². The molecule has 0 aromatic carbocycles. The van der Waals surface area contributed by atoms with Gasteiger partial charge < -0.3 is 4.90 Å². The summed E-state index contributed by atoms with van der Waals surface area (Å²) in [5, 5.41) is 0. The standard InChI is InChI=1S/C9H13F2NO/c1-6(13)12-4-7-2-9(10,11)3-8(7)5-12/h7-8H,2-5H2,1H3. The van der Waals surface area contributed by atoms with Crippen molar-refractivity contribution in [1.82, 2.24) is 4.90 Å². The van der Waals surface area contributed by atoms with Gasteiger partial charge in [0.1, 0.15) is 0 Å². The number of amides is 1. The molecule has 1 heterocycles. The minimum atomic E-state index is -2.47. The van der Waals surface area contributed by atoms with Gasteiger partial charge in [0.2, 0.25) is 11.8 Å². The number of hydrogen-bond donors (Lipinski definition) is 0. The molecule has 2 aliphatic rings. The maximum Gasteiger partial charge on any atom is 0.248 e. The molecule has 0 aromatic heterocycles. The highest BCUT2D eigenvalue weighted by molar-refractivity contribution is 5.73. The van der Waals surface area contributed by atoms with Crippen LogP contribution < -0.4 is 0 Å². The zero-order valence-electron chi connectivity index (χ0n) is 7.59. The number of nitrogens with zero attached hydrogens (tertiary/aromatic N) is 1. The summed E-state index contributed by atoms with van der Waals surface area (Å²) in [4.78, 5) is 12.7. The van der Waals surface area contributed by atoms with Crippen molar-refractivity contribution in [3.05, 3.63) is 0 Å². The highest BCUT2D eigenvalue weighted by Crippen LogP contribution is 2.46. The molecular weight excluding hydrogens is 176 g/mol. The Morgan fingerprint density at radius 1 is 1.31 bits per heavy atom. The van der Waals surface area contributed by atoms with Crippen molar-refractivity contribution in [2.45, 2.75) is 25.7 Å². The fourth-order valence-corrected chi connectivity index (χ4v) is 2.51. The van der Waals surface area contributed by atoms with Crippen molar-refractivity contribution < 1.29 is 13.6 Å². The fraction of sp³-hybridized carbons (Fsp3) is 0.889. The van der Waals surface area contributed by atoms with Crippen LogP contribution in [0.3, 0.4) is 0 Å². The van der Waals surface area contributed by atoms with Crippen LogP contribution in [0.2, 0.25) is 0 Å². The average molecular weight is 189 g/mol. The second-order valence-corrected chi connectivity index (χ2v) is 4.21. The molecule has 1 saturated carbocycles. The lowest BCUT2D eigenvalue weighted by molar-refractivity contribution is -0.128. The summed E-state index contributed by atoms with van der Waals surface area (Å²) in [6.07, 6.45) is -0.0527. The van der Waals surface area contributed by atoms with Crippen molar-refractivity contribution in [2.75, 3.05) is 13.1 Å². The average Bonchev–Trinajstić information content (AvgIpc) is 2.39. The molecule has 2 nitrogen and oxygen atoms in total. The number of likely N-dealkylation sites (tertiary alicyclic amines) is 1. The summed E-state index contributed by atoms with van der Waals surface area (Å²) >= 11 is 0. The van der Waals surface area contributed by atoms with E-state index in [2.05, 4.69) is 0 Å². The van der Waals surface area contributed by atoms with Crippen molar-refractivity contribution in [3.63, 3.8) is 0 Å². The molecule has 74 valence electrons. The zero-order valence-corrected chi connectivity index (χ0v) is 7.59. The molecule has 0 spiro atoms. The first-order valence-corrected chi connectivity index (χ1v) is 4.61. The SMILES string of the molecule is CC(=O)N1CC2CC(F)(F)CC2C1. The normalized spacial score (nSPS) is 36.4. The van der Waals surface area contributed by atoms with Gasteiger partial charge >= 0.3 is 0 Å². The van der Waals surface area contributed by atoms with Gasteiger partial charge in [0.25, 0.3) is 0 Å². The molecule has 2 rings (SSSR count). The van der Waals surface area contributed by atoms with Crippen LogP contribution in [0.4, 0.5) is 8.78 Å². The Hall–Kier alpha value is -0.670. The van der Waals surface area contributed by atoms with Gasteiger partial charge in [-0.25, -0.2) is 8.78 Å². The molecule has 0 bridgehead atoms. The Bertz CT molecular complexity index is 226. The number of halogens is 2. The molecule has 1 aliphatic heterocycles. The lowest BCUT2D eigenvalue weighted by atomic mass is 10.0. The number of alkyl halides is 2. The third-order valence-electron chi connectivity index (χ3n) is 3.14. The smallest absolute Gasteiger partial charge is 0.248 e. The second-order valence-electron chi connectivity index (χ2n) is 4.21. The highest BCUT2D eigenvalue weighted by atomic mass is 19.3. The summed E-state index contributed by atoms with van der Waals surface area (Å²) in [5.74, 6) is -2.38. The third kappa shape index (κ3) is 1.54. The van der Waals surface area contributed by atoms with E-state index in [4.69, 9.17) is 0 Å². The second kappa shape index (κ2) is 2.66. The molecular formula is C9H13F2NO. The van der Waals surface area contributed by atoms with E-state index in [1.54, 1.807) is 4.90 Å². The Morgan fingerprint density at radius 3 is 2.15 bits per heavy atom. The van der Waals surface area contributed by atoms with Gasteiger partial charge in [-0.15, -0.1) is 0 Å². The van der Waals surface area contributed by atoms with Crippen LogP contribution in [0.5, 0.6) is 0 Å². The van der Waals surface area contributed by atoms with E-state index < -0.39 is 5.92 Å². The summed E-state index contributed by atoms with van der Waals surface area (Å²) in [5.41, 5.74) is 0. The van der Waals surface area contributed by atoms with Crippen LogP contribution in [0.25, 0.3) is 0 Å². The van der Waals surface area contributed by atoms with Crippen LogP contribution in [-0.2, 0) is 4.79 Å². The minimum Gasteiger partial charge on any atom is -0.342 e. The maximum atomic E-state index is 12.9. The largest absolute Gasteiger partial charge is 0.342 e. The van der Waals surface area contributed by atoms with E-state index in [1.165, 1.54) is 6.92 Å². The van der Waals surface area contributed by atoms with Gasteiger partial charge in [-0.05, 0) is 11.8 Å². The molecule has 1 amide bonds. The van der Waals surface area contributed by atoms with Gasteiger partial charge in [-0.3, -0.25) is 4.79 Å². The van der Waals surface area contributed by atoms with Crippen LogP contribution in [0.15, 0.2) is 0 Å². The van der Waals surface area contributed by atoms with E-state index in [9.17, 15) is 13.6 Å². The summed E-state index contributed by atoms with van der Waals surface area (Å²) in [7, 11) is 0. The fourth-order valence-electron chi connectivity index (χ4n) is 2.51. The Labute approximate surface area is 75.9 Å². The Morgan fingerprint density at radius 2 is 1.77 bits per heavy atom. The molecule has 1 aliphatic carbocycles. The Kier molecular flexibility index (Phi) is 1.82. The first kappa shape index (κ1) is 8.91. The Balaban J connectivity index is 2.01. The maximum absolute atomic E-state index is 12.9. The van der Waals surface area contributed by atoms with Gasteiger partial charge in [0.05, 0.1) is 0 Å². The third-order valence-corrected chi connectivity index (χ3v) is 3.14. The van der Waals surface area contributed by atoms with E-state index in [0.717, 1.165) is 0 Å². The summed E-state index contributed by atoms with van der Waals surface area (Å²) < 4.78 is 25.8.